The van der Waals surface area contributed by atoms with Gasteiger partial charge < -0.3 is 25.1 Å². The Morgan fingerprint density at radius 1 is 1.20 bits per heavy atom. The van der Waals surface area contributed by atoms with Crippen molar-refractivity contribution in [1.29, 1.82) is 0 Å². The molecule has 2 unspecified atom stereocenters. The summed E-state index contributed by atoms with van der Waals surface area (Å²) in [5, 5.41) is 10.2. The smallest absolute Gasteiger partial charge is 0.380 e. The van der Waals surface area contributed by atoms with E-state index in [9.17, 15) is 17.6 Å². The number of benzene rings is 1. The Balaban J connectivity index is 1.38. The van der Waals surface area contributed by atoms with Gasteiger partial charge in [0.2, 0.25) is 0 Å². The Labute approximate surface area is 231 Å². The first-order valence-electron chi connectivity index (χ1n) is 13.4. The van der Waals surface area contributed by atoms with Crippen molar-refractivity contribution in [2.75, 3.05) is 31.5 Å². The molecule has 11 heteroatoms. The zero-order valence-electron chi connectivity index (χ0n) is 22.9. The number of anilines is 1. The molecule has 3 aromatic rings. The third-order valence-corrected chi connectivity index (χ3v) is 7.25. The van der Waals surface area contributed by atoms with Crippen LogP contribution in [0.1, 0.15) is 38.4 Å². The van der Waals surface area contributed by atoms with E-state index < -0.39 is 24.9 Å². The van der Waals surface area contributed by atoms with E-state index in [1.165, 1.54) is 4.57 Å². The number of fused-ring (bicyclic) bond motifs is 1. The number of aromatic nitrogens is 2. The molecular weight excluding hydrogens is 522 g/mol. The van der Waals surface area contributed by atoms with E-state index in [-0.39, 0.29) is 23.6 Å². The number of halogens is 4. The van der Waals surface area contributed by atoms with Crippen LogP contribution in [-0.2, 0) is 12.1 Å². The summed E-state index contributed by atoms with van der Waals surface area (Å²) >= 11 is 0. The first kappa shape index (κ1) is 27.9. The predicted octanol–water partition coefficient (Wildman–Crippen LogP) is 5.33. The number of nitrogens with one attached hydrogen (secondary N) is 3. The van der Waals surface area contributed by atoms with Gasteiger partial charge in [0.05, 0.1) is 36.1 Å². The Kier molecular flexibility index (Phi) is 7.52. The van der Waals surface area contributed by atoms with Crippen molar-refractivity contribution < 1.29 is 17.6 Å². The van der Waals surface area contributed by atoms with Gasteiger partial charge in [0.15, 0.2) is 5.84 Å². The lowest BCUT2D eigenvalue weighted by atomic mass is 10.0. The van der Waals surface area contributed by atoms with E-state index in [4.69, 9.17) is 0 Å². The summed E-state index contributed by atoms with van der Waals surface area (Å²) < 4.78 is 58.8. The van der Waals surface area contributed by atoms with E-state index in [2.05, 4.69) is 57.9 Å². The Bertz CT molecular complexity index is 1460. The molecule has 0 radical (unpaired) electrons. The number of hydrogen-bond acceptors (Lipinski definition) is 5. The number of hydrogen-bond donors (Lipinski definition) is 3. The van der Waals surface area contributed by atoms with Gasteiger partial charge >= 0.3 is 6.18 Å². The van der Waals surface area contributed by atoms with Crippen LogP contribution >= 0.6 is 0 Å². The largest absolute Gasteiger partial charge is 0.406 e. The van der Waals surface area contributed by atoms with E-state index in [1.54, 1.807) is 24.3 Å². The van der Waals surface area contributed by atoms with Crippen molar-refractivity contribution in [3.63, 3.8) is 0 Å². The SMILES string of the molecule is C=C(NCC1=NC(c2cc3c(NC4CNCCC4F)cccc3n2CC(F)(F)F)=NC1)c1ccn(C(C)(C)C)c1. The lowest BCUT2D eigenvalue weighted by molar-refractivity contribution is -0.139. The maximum atomic E-state index is 14.5. The molecular formula is C29H35F4N7. The Morgan fingerprint density at radius 2 is 2.00 bits per heavy atom. The molecule has 214 valence electrons. The second kappa shape index (κ2) is 10.8. The molecule has 2 aromatic heterocycles. The van der Waals surface area contributed by atoms with Gasteiger partial charge in [0, 0.05) is 46.8 Å². The minimum absolute atomic E-state index is 0.0536. The molecule has 0 bridgehead atoms. The number of rotatable bonds is 8. The average molecular weight is 558 g/mol. The predicted molar refractivity (Wildman–Crippen MR) is 153 cm³/mol. The number of nitrogens with zero attached hydrogens (tertiary/aromatic N) is 4. The maximum absolute atomic E-state index is 14.5. The molecule has 2 aliphatic rings. The fraction of sp³-hybridized carbons (Fsp3) is 0.448. The van der Waals surface area contributed by atoms with Crippen LogP contribution in [0.25, 0.3) is 16.6 Å². The second-order valence-corrected chi connectivity index (χ2v) is 11.4. The van der Waals surface area contributed by atoms with Gasteiger partial charge in [-0.3, -0.25) is 4.99 Å². The van der Waals surface area contributed by atoms with Gasteiger partial charge in [0.25, 0.3) is 0 Å². The molecule has 1 aromatic carbocycles. The lowest BCUT2D eigenvalue weighted by Gasteiger charge is -2.28. The average Bonchev–Trinajstić information content (AvgIpc) is 3.62. The molecule has 7 nitrogen and oxygen atoms in total. The van der Waals surface area contributed by atoms with Crippen LogP contribution < -0.4 is 16.0 Å². The van der Waals surface area contributed by atoms with Gasteiger partial charge in [-0.2, -0.15) is 13.2 Å². The van der Waals surface area contributed by atoms with Crippen molar-refractivity contribution in [3.8, 4) is 0 Å². The molecule has 40 heavy (non-hydrogen) atoms. The summed E-state index contributed by atoms with van der Waals surface area (Å²) in [6.45, 7) is 10.9. The van der Waals surface area contributed by atoms with E-state index in [1.807, 2.05) is 18.5 Å². The van der Waals surface area contributed by atoms with E-state index in [0.717, 1.165) is 11.3 Å². The first-order valence-corrected chi connectivity index (χ1v) is 13.4. The second-order valence-electron chi connectivity index (χ2n) is 11.4. The zero-order valence-corrected chi connectivity index (χ0v) is 22.9. The van der Waals surface area contributed by atoms with Crippen LogP contribution in [-0.4, -0.2) is 65.3 Å². The third-order valence-electron chi connectivity index (χ3n) is 7.25. The molecule has 5 rings (SSSR count). The summed E-state index contributed by atoms with van der Waals surface area (Å²) in [5.74, 6) is 0.246. The van der Waals surface area contributed by atoms with Crippen molar-refractivity contribution in [3.05, 3.63) is 60.6 Å². The summed E-state index contributed by atoms with van der Waals surface area (Å²) in [6, 6.07) is 8.25. The lowest BCUT2D eigenvalue weighted by Crippen LogP contribution is -2.46. The summed E-state index contributed by atoms with van der Waals surface area (Å²) in [6.07, 6.45) is -1.10. The van der Waals surface area contributed by atoms with Gasteiger partial charge in [0.1, 0.15) is 12.7 Å². The molecule has 0 aliphatic carbocycles. The van der Waals surface area contributed by atoms with Crippen LogP contribution in [0.5, 0.6) is 0 Å². The van der Waals surface area contributed by atoms with Gasteiger partial charge in [-0.05, 0) is 58.0 Å². The van der Waals surface area contributed by atoms with Crippen LogP contribution in [0, 0.1) is 0 Å². The van der Waals surface area contributed by atoms with Crippen LogP contribution in [0.4, 0.5) is 23.2 Å². The minimum atomic E-state index is -4.45. The summed E-state index contributed by atoms with van der Waals surface area (Å²) in [4.78, 5) is 9.07. The molecule has 3 N–H and O–H groups in total. The summed E-state index contributed by atoms with van der Waals surface area (Å²) in [7, 11) is 0. The van der Waals surface area contributed by atoms with Gasteiger partial charge in [-0.25, -0.2) is 9.38 Å². The van der Waals surface area contributed by atoms with Crippen LogP contribution in [0.3, 0.4) is 0 Å². The molecule has 0 saturated carbocycles. The maximum Gasteiger partial charge on any atom is 0.406 e. The number of piperidine rings is 1. The number of amidine groups is 1. The van der Waals surface area contributed by atoms with Crippen LogP contribution in [0.2, 0.25) is 0 Å². The Hall–Kier alpha value is -3.60. The molecule has 2 aliphatic heterocycles. The topological polar surface area (TPSA) is 70.7 Å². The highest BCUT2D eigenvalue weighted by Gasteiger charge is 2.32. The highest BCUT2D eigenvalue weighted by atomic mass is 19.4. The van der Waals surface area contributed by atoms with Crippen molar-refractivity contribution in [1.82, 2.24) is 19.8 Å². The molecule has 4 heterocycles. The van der Waals surface area contributed by atoms with Crippen LogP contribution in [0.15, 0.2) is 59.3 Å². The quantitative estimate of drug-likeness (QED) is 0.328. The minimum Gasteiger partial charge on any atom is -0.380 e. The zero-order chi connectivity index (χ0) is 28.7. The molecule has 0 amide bonds. The molecule has 0 spiro atoms. The van der Waals surface area contributed by atoms with E-state index >= 15 is 0 Å². The number of aliphatic imine (C=N–C) groups is 2. The standard InChI is InChI=1S/C29H35F4N7/c1-18(19-9-11-39(16-19)28(2,3)4)35-13-20-14-36-27(37-20)26-12-21-23(38-24-15-34-10-8-22(24)30)6-5-7-25(21)40(26)17-29(31,32)33/h5-7,9,11-12,16,22,24,34-35,38H,1,8,10,13-15,17H2,2-4H3. The van der Waals surface area contributed by atoms with Gasteiger partial charge in [-0.1, -0.05) is 12.6 Å². The fourth-order valence-corrected chi connectivity index (χ4v) is 5.04. The fourth-order valence-electron chi connectivity index (χ4n) is 5.04. The van der Waals surface area contributed by atoms with Gasteiger partial charge in [-0.15, -0.1) is 0 Å². The molecule has 2 atom stereocenters. The van der Waals surface area contributed by atoms with Crippen molar-refractivity contribution >= 4 is 33.8 Å². The third kappa shape index (κ3) is 6.09. The number of alkyl halides is 4. The Morgan fingerprint density at radius 3 is 2.70 bits per heavy atom. The first-order chi connectivity index (χ1) is 18.9. The molecule has 1 saturated heterocycles. The highest BCUT2D eigenvalue weighted by molar-refractivity contribution is 6.14. The highest BCUT2D eigenvalue weighted by Crippen LogP contribution is 2.32. The summed E-state index contributed by atoms with van der Waals surface area (Å²) in [5.41, 5.74) is 3.56. The van der Waals surface area contributed by atoms with E-state index in [0.29, 0.717) is 48.4 Å². The normalized spacial score (nSPS) is 20.0. The van der Waals surface area contributed by atoms with Crippen molar-refractivity contribution in [2.45, 2.75) is 57.7 Å². The monoisotopic (exact) mass is 557 g/mol. The molecule has 1 fully saturated rings. The van der Waals surface area contributed by atoms with Crippen molar-refractivity contribution in [2.24, 2.45) is 9.98 Å².